The van der Waals surface area contributed by atoms with E-state index in [1.54, 1.807) is 0 Å². The van der Waals surface area contributed by atoms with Gasteiger partial charge in [-0.05, 0) is 20.3 Å². The number of ketones is 1. The normalized spacial score (nSPS) is 25.0. The average molecular weight is 322 g/mol. The van der Waals surface area contributed by atoms with Crippen LogP contribution in [0.4, 0.5) is 0 Å². The molecule has 0 N–H and O–H groups in total. The van der Waals surface area contributed by atoms with Crippen molar-refractivity contribution in [1.29, 1.82) is 0 Å². The van der Waals surface area contributed by atoms with Crippen molar-refractivity contribution >= 4 is 28.4 Å². The van der Waals surface area contributed by atoms with Gasteiger partial charge in [-0.1, -0.05) is 36.4 Å². The monoisotopic (exact) mass is 322 g/mol. The van der Waals surface area contributed by atoms with E-state index >= 15 is 0 Å². The fourth-order valence-corrected chi connectivity index (χ4v) is 2.32. The predicted octanol–water partition coefficient (Wildman–Crippen LogP) is 3.63. The van der Waals surface area contributed by atoms with Crippen LogP contribution in [-0.2, 0) is 9.53 Å². The average Bonchev–Trinajstić information content (AvgIpc) is 2.20. The number of rotatable bonds is 3. The zero-order valence-electron chi connectivity index (χ0n) is 9.89. The van der Waals surface area contributed by atoms with Gasteiger partial charge in [0.25, 0.3) is 0 Å². The van der Waals surface area contributed by atoms with Gasteiger partial charge in [0, 0.05) is 18.4 Å². The van der Waals surface area contributed by atoms with Gasteiger partial charge in [0.1, 0.15) is 11.4 Å². The summed E-state index contributed by atoms with van der Waals surface area (Å²) in [6, 6.07) is 0. The Kier molecular flexibility index (Phi) is 4.20. The summed E-state index contributed by atoms with van der Waals surface area (Å²) in [4.78, 5) is 11.8. The Morgan fingerprint density at radius 3 is 2.60 bits per heavy atom. The van der Waals surface area contributed by atoms with Gasteiger partial charge < -0.3 is 4.74 Å². The van der Waals surface area contributed by atoms with Crippen molar-refractivity contribution in [2.75, 3.05) is 0 Å². The van der Waals surface area contributed by atoms with Crippen LogP contribution in [0, 0.1) is 0 Å². The maximum atomic E-state index is 11.8. The molecule has 0 fully saturated rings. The van der Waals surface area contributed by atoms with Crippen molar-refractivity contribution in [2.24, 2.45) is 0 Å². The highest BCUT2D eigenvalue weighted by Gasteiger charge is 2.37. The number of Topliss-reactive ketones (excluding diaryl/α,β-unsaturated/α-hetero) is 1. The van der Waals surface area contributed by atoms with Crippen LogP contribution in [0.1, 0.15) is 47.0 Å². The summed E-state index contributed by atoms with van der Waals surface area (Å²) in [5.74, 6) is 1.14. The number of carbonyl (C=O) groups is 1. The highest BCUT2D eigenvalue weighted by molar-refractivity contribution is 14.1. The minimum absolute atomic E-state index is 0.149. The van der Waals surface area contributed by atoms with Crippen molar-refractivity contribution in [3.8, 4) is 0 Å². The van der Waals surface area contributed by atoms with Crippen LogP contribution in [0.3, 0.4) is 0 Å². The van der Waals surface area contributed by atoms with Gasteiger partial charge in [-0.25, -0.2) is 0 Å². The molecular formula is C12H19IO2. The van der Waals surface area contributed by atoms with E-state index in [0.29, 0.717) is 10.3 Å². The van der Waals surface area contributed by atoms with Crippen LogP contribution in [0.2, 0.25) is 0 Å². The lowest BCUT2D eigenvalue weighted by Gasteiger charge is -2.38. The maximum absolute atomic E-state index is 11.8. The number of hydrogen-bond donors (Lipinski definition) is 0. The van der Waals surface area contributed by atoms with Gasteiger partial charge in [-0.3, -0.25) is 4.79 Å². The summed E-state index contributed by atoms with van der Waals surface area (Å²) >= 11 is 2.38. The Hall–Kier alpha value is -0.0600. The number of carbonyl (C=O) groups excluding carboxylic acids is 1. The van der Waals surface area contributed by atoms with Gasteiger partial charge in [-0.15, -0.1) is 0 Å². The molecule has 2 nitrogen and oxygen atoms in total. The highest BCUT2D eigenvalue weighted by Crippen LogP contribution is 2.38. The topological polar surface area (TPSA) is 26.3 Å². The Bertz CT molecular complexity index is 292. The van der Waals surface area contributed by atoms with Crippen LogP contribution >= 0.6 is 22.6 Å². The molecule has 1 unspecified atom stereocenters. The van der Waals surface area contributed by atoms with Crippen LogP contribution in [0.25, 0.3) is 0 Å². The van der Waals surface area contributed by atoms with Crippen molar-refractivity contribution in [3.63, 3.8) is 0 Å². The third-order valence-corrected chi connectivity index (χ3v) is 4.78. The van der Waals surface area contributed by atoms with Crippen LogP contribution in [-0.4, -0.2) is 15.3 Å². The van der Waals surface area contributed by atoms with Crippen molar-refractivity contribution < 1.29 is 9.53 Å². The first kappa shape index (κ1) is 13.0. The molecule has 0 aromatic carbocycles. The van der Waals surface area contributed by atoms with Crippen molar-refractivity contribution in [3.05, 3.63) is 11.3 Å². The fourth-order valence-electron chi connectivity index (χ4n) is 1.75. The Morgan fingerprint density at radius 2 is 2.13 bits per heavy atom. The van der Waals surface area contributed by atoms with Gasteiger partial charge >= 0.3 is 0 Å². The second kappa shape index (κ2) is 4.85. The van der Waals surface area contributed by atoms with Crippen LogP contribution < -0.4 is 0 Å². The molecule has 1 heterocycles. The Labute approximate surface area is 106 Å². The first-order valence-corrected chi connectivity index (χ1v) is 6.75. The fraction of sp³-hybridized carbons (Fsp3) is 0.750. The van der Waals surface area contributed by atoms with E-state index in [-0.39, 0.29) is 11.4 Å². The molecule has 15 heavy (non-hydrogen) atoms. The lowest BCUT2D eigenvalue weighted by Crippen LogP contribution is -2.39. The largest absolute Gasteiger partial charge is 0.491 e. The summed E-state index contributed by atoms with van der Waals surface area (Å²) < 4.78 is 6.29. The molecule has 0 bridgehead atoms. The number of hydrogen-bond acceptors (Lipinski definition) is 2. The van der Waals surface area contributed by atoms with Gasteiger partial charge in [0.15, 0.2) is 5.78 Å². The molecule has 3 heteroatoms. The lowest BCUT2D eigenvalue weighted by atomic mass is 9.91. The minimum Gasteiger partial charge on any atom is -0.491 e. The first-order valence-electron chi connectivity index (χ1n) is 5.50. The maximum Gasteiger partial charge on any atom is 0.161 e. The molecule has 0 saturated heterocycles. The van der Waals surface area contributed by atoms with E-state index in [2.05, 4.69) is 36.4 Å². The molecule has 0 amide bonds. The molecule has 1 atom stereocenters. The SMILES string of the molecule is CCC(=O)C1=C(CC)OC(C)(C)C(I)C1. The minimum atomic E-state index is -0.149. The second-order valence-corrected chi connectivity index (χ2v) is 5.91. The molecule has 0 spiro atoms. The molecule has 0 aliphatic carbocycles. The summed E-state index contributed by atoms with van der Waals surface area (Å²) in [6.07, 6.45) is 2.24. The van der Waals surface area contributed by atoms with E-state index < -0.39 is 0 Å². The molecule has 1 rings (SSSR count). The standard InChI is InChI=1S/C12H19IO2/c1-5-9(14)8-7-11(13)12(3,4)15-10(8)6-2/h11H,5-7H2,1-4H3. The van der Waals surface area contributed by atoms with E-state index in [4.69, 9.17) is 4.74 Å². The molecule has 1 aliphatic heterocycles. The molecule has 0 aromatic rings. The molecule has 1 aliphatic rings. The number of alkyl halides is 1. The summed E-state index contributed by atoms with van der Waals surface area (Å²) in [7, 11) is 0. The predicted molar refractivity (Wildman–Crippen MR) is 70.2 cm³/mol. The summed E-state index contributed by atoms with van der Waals surface area (Å²) in [6.45, 7) is 8.13. The van der Waals surface area contributed by atoms with Gasteiger partial charge in [-0.2, -0.15) is 0 Å². The van der Waals surface area contributed by atoms with E-state index in [1.807, 2.05) is 13.8 Å². The molecule has 0 aromatic heterocycles. The third kappa shape index (κ3) is 2.74. The summed E-state index contributed by atoms with van der Waals surface area (Å²) in [5.41, 5.74) is 0.766. The molecule has 0 radical (unpaired) electrons. The Balaban J connectivity index is 3.01. The van der Waals surface area contributed by atoms with E-state index in [0.717, 1.165) is 24.2 Å². The van der Waals surface area contributed by atoms with Crippen molar-refractivity contribution in [1.82, 2.24) is 0 Å². The van der Waals surface area contributed by atoms with E-state index in [9.17, 15) is 4.79 Å². The zero-order valence-corrected chi connectivity index (χ0v) is 12.1. The molecular weight excluding hydrogens is 303 g/mol. The first-order chi connectivity index (χ1) is 6.92. The van der Waals surface area contributed by atoms with Gasteiger partial charge in [0.2, 0.25) is 0 Å². The number of ether oxygens (including phenoxy) is 1. The summed E-state index contributed by atoms with van der Waals surface area (Å²) in [5, 5.41) is 0. The number of halogens is 1. The third-order valence-electron chi connectivity index (χ3n) is 2.84. The molecule has 0 saturated carbocycles. The van der Waals surface area contributed by atoms with Crippen LogP contribution in [0.5, 0.6) is 0 Å². The lowest BCUT2D eigenvalue weighted by molar-refractivity contribution is -0.116. The van der Waals surface area contributed by atoms with Crippen molar-refractivity contribution in [2.45, 2.75) is 56.5 Å². The smallest absolute Gasteiger partial charge is 0.161 e. The van der Waals surface area contributed by atoms with Gasteiger partial charge in [0.05, 0.1) is 3.92 Å². The van der Waals surface area contributed by atoms with Crippen LogP contribution in [0.15, 0.2) is 11.3 Å². The molecule has 86 valence electrons. The highest BCUT2D eigenvalue weighted by atomic mass is 127. The quantitative estimate of drug-likeness (QED) is 0.586. The van der Waals surface area contributed by atoms with E-state index in [1.165, 1.54) is 0 Å². The zero-order chi connectivity index (χ0) is 11.6. The second-order valence-electron chi connectivity index (χ2n) is 4.41. The number of allylic oxidation sites excluding steroid dienone is 2. The Morgan fingerprint density at radius 1 is 1.53 bits per heavy atom.